The van der Waals surface area contributed by atoms with E-state index >= 15 is 0 Å². The molecule has 2 amide bonds. The molecule has 26 heavy (non-hydrogen) atoms. The van der Waals surface area contributed by atoms with Gasteiger partial charge in [-0.15, -0.1) is 0 Å². The van der Waals surface area contributed by atoms with Crippen LogP contribution in [0.2, 0.25) is 0 Å². The summed E-state index contributed by atoms with van der Waals surface area (Å²) in [4.78, 5) is 23.3. The number of carbonyl (C=O) groups excluding carboxylic acids is 2. The second-order valence-corrected chi connectivity index (χ2v) is 5.58. The quantitative estimate of drug-likeness (QED) is 0.721. The van der Waals surface area contributed by atoms with Gasteiger partial charge in [-0.1, -0.05) is 18.2 Å². The third kappa shape index (κ3) is 3.69. The van der Waals surface area contributed by atoms with Crippen LogP contribution in [0.3, 0.4) is 0 Å². The zero-order chi connectivity index (χ0) is 18.9. The minimum absolute atomic E-state index is 0.0217. The highest BCUT2D eigenvalue weighted by Crippen LogP contribution is 2.24. The maximum Gasteiger partial charge on any atom is 0.471 e. The number of alkyl halides is 3. The molecule has 0 spiro atoms. The number of carbonyl (C=O) groups is 2. The van der Waals surface area contributed by atoms with Crippen molar-refractivity contribution < 1.29 is 27.2 Å². The first-order valence-corrected chi connectivity index (χ1v) is 7.53. The van der Waals surface area contributed by atoms with E-state index in [1.54, 1.807) is 36.5 Å². The summed E-state index contributed by atoms with van der Waals surface area (Å²) < 4.78 is 42.3. The second-order valence-electron chi connectivity index (χ2n) is 5.58. The van der Waals surface area contributed by atoms with Gasteiger partial charge in [0.1, 0.15) is 5.58 Å². The van der Waals surface area contributed by atoms with Crippen molar-refractivity contribution in [3.05, 3.63) is 59.9 Å². The Morgan fingerprint density at radius 1 is 1.00 bits per heavy atom. The summed E-state index contributed by atoms with van der Waals surface area (Å²) in [6, 6.07) is 12.7. The molecule has 0 aliphatic rings. The van der Waals surface area contributed by atoms with Gasteiger partial charge >= 0.3 is 12.1 Å². The van der Waals surface area contributed by atoms with Gasteiger partial charge in [0.05, 0.1) is 0 Å². The Kier molecular flexibility index (Phi) is 4.41. The minimum atomic E-state index is -4.97. The van der Waals surface area contributed by atoms with Gasteiger partial charge in [-0.25, -0.2) is 0 Å². The lowest BCUT2D eigenvalue weighted by Crippen LogP contribution is -2.29. The van der Waals surface area contributed by atoms with Gasteiger partial charge in [-0.2, -0.15) is 13.2 Å². The summed E-state index contributed by atoms with van der Waals surface area (Å²) in [5.74, 6) is -2.44. The van der Waals surface area contributed by atoms with Gasteiger partial charge in [0.25, 0.3) is 5.91 Å². The van der Waals surface area contributed by atoms with E-state index in [4.69, 9.17) is 4.42 Å². The zero-order valence-electron chi connectivity index (χ0n) is 13.5. The van der Waals surface area contributed by atoms with E-state index in [-0.39, 0.29) is 11.4 Å². The van der Waals surface area contributed by atoms with Crippen LogP contribution >= 0.6 is 0 Å². The fraction of sp³-hybridized carbons (Fsp3) is 0.111. The lowest BCUT2D eigenvalue weighted by Gasteiger charge is -2.11. The van der Waals surface area contributed by atoms with E-state index in [0.29, 0.717) is 16.8 Å². The molecule has 3 aromatic rings. The Balaban J connectivity index is 1.75. The van der Waals surface area contributed by atoms with Crippen molar-refractivity contribution in [1.29, 1.82) is 0 Å². The number of halogens is 3. The Morgan fingerprint density at radius 2 is 1.73 bits per heavy atom. The highest BCUT2D eigenvalue weighted by atomic mass is 19.4. The molecule has 0 saturated carbocycles. The Morgan fingerprint density at radius 3 is 2.38 bits per heavy atom. The number of amides is 2. The molecule has 0 bridgehead atoms. The Hall–Kier alpha value is -3.29. The van der Waals surface area contributed by atoms with Gasteiger partial charge in [0.2, 0.25) is 0 Å². The summed E-state index contributed by atoms with van der Waals surface area (Å²) in [5, 5.41) is 5.17. The van der Waals surface area contributed by atoms with E-state index in [0.717, 1.165) is 5.39 Å². The summed E-state index contributed by atoms with van der Waals surface area (Å²) in [6.45, 7) is 1.59. The summed E-state index contributed by atoms with van der Waals surface area (Å²) in [7, 11) is 0. The Labute approximate surface area is 145 Å². The number of hydrogen-bond donors (Lipinski definition) is 2. The van der Waals surface area contributed by atoms with Gasteiger partial charge < -0.3 is 15.1 Å². The monoisotopic (exact) mass is 362 g/mol. The molecule has 0 unspecified atom stereocenters. The molecule has 134 valence electrons. The largest absolute Gasteiger partial charge is 0.471 e. The Bertz CT molecular complexity index is 960. The third-order valence-corrected chi connectivity index (χ3v) is 3.64. The molecule has 0 saturated heterocycles. The predicted octanol–water partition coefficient (Wildman–Crippen LogP) is 4.49. The smallest absolute Gasteiger partial charge is 0.451 e. The van der Waals surface area contributed by atoms with Gasteiger partial charge in [0, 0.05) is 16.8 Å². The number of benzene rings is 2. The van der Waals surface area contributed by atoms with Crippen molar-refractivity contribution in [2.75, 3.05) is 10.6 Å². The highest BCUT2D eigenvalue weighted by Gasteiger charge is 2.38. The van der Waals surface area contributed by atoms with Crippen molar-refractivity contribution in [1.82, 2.24) is 0 Å². The van der Waals surface area contributed by atoms with Crippen molar-refractivity contribution in [3.63, 3.8) is 0 Å². The summed E-state index contributed by atoms with van der Waals surface area (Å²) >= 11 is 0. The van der Waals surface area contributed by atoms with Crippen LogP contribution in [0.1, 0.15) is 16.1 Å². The topological polar surface area (TPSA) is 71.3 Å². The first kappa shape index (κ1) is 17.5. The molecule has 0 aliphatic heterocycles. The van der Waals surface area contributed by atoms with E-state index < -0.39 is 18.0 Å². The van der Waals surface area contributed by atoms with Crippen molar-refractivity contribution in [2.24, 2.45) is 0 Å². The van der Waals surface area contributed by atoms with Crippen molar-refractivity contribution in [2.45, 2.75) is 13.1 Å². The van der Waals surface area contributed by atoms with Gasteiger partial charge in [0.15, 0.2) is 5.76 Å². The molecule has 1 aromatic heterocycles. The van der Waals surface area contributed by atoms with Crippen LogP contribution in [0, 0.1) is 6.92 Å². The fourth-order valence-electron chi connectivity index (χ4n) is 2.36. The maximum absolute atomic E-state index is 12.3. The number of rotatable bonds is 3. The summed E-state index contributed by atoms with van der Waals surface area (Å²) in [5.41, 5.74) is 1.42. The van der Waals surface area contributed by atoms with E-state index in [1.807, 2.05) is 6.07 Å². The number of nitrogens with one attached hydrogen (secondary N) is 2. The van der Waals surface area contributed by atoms with Crippen LogP contribution in [-0.2, 0) is 4.79 Å². The average molecular weight is 362 g/mol. The van der Waals surface area contributed by atoms with Gasteiger partial charge in [-0.3, -0.25) is 9.59 Å². The lowest BCUT2D eigenvalue weighted by molar-refractivity contribution is -0.167. The molecule has 2 N–H and O–H groups in total. The highest BCUT2D eigenvalue weighted by molar-refractivity contribution is 6.05. The van der Waals surface area contributed by atoms with Crippen LogP contribution in [0.5, 0.6) is 0 Å². The molecule has 5 nitrogen and oxygen atoms in total. The fourth-order valence-corrected chi connectivity index (χ4v) is 2.36. The number of para-hydroxylation sites is 1. The molecule has 0 atom stereocenters. The number of aryl methyl sites for hydroxylation is 1. The molecule has 8 heteroatoms. The van der Waals surface area contributed by atoms with Crippen LogP contribution in [0.25, 0.3) is 11.0 Å². The molecule has 3 rings (SSSR count). The lowest BCUT2D eigenvalue weighted by atomic mass is 10.1. The molecule has 0 radical (unpaired) electrons. The molecule has 2 aromatic carbocycles. The van der Waals surface area contributed by atoms with E-state index in [2.05, 4.69) is 5.32 Å². The normalized spacial score (nSPS) is 11.4. The van der Waals surface area contributed by atoms with Crippen molar-refractivity contribution >= 4 is 34.2 Å². The van der Waals surface area contributed by atoms with Crippen LogP contribution in [0.15, 0.2) is 52.9 Å². The average Bonchev–Trinajstić information content (AvgIpc) is 3.00. The minimum Gasteiger partial charge on any atom is -0.451 e. The second kappa shape index (κ2) is 6.55. The zero-order valence-corrected chi connectivity index (χ0v) is 13.5. The maximum atomic E-state index is 12.3. The summed E-state index contributed by atoms with van der Waals surface area (Å²) in [6.07, 6.45) is -4.97. The van der Waals surface area contributed by atoms with Crippen LogP contribution < -0.4 is 10.6 Å². The van der Waals surface area contributed by atoms with E-state index in [1.165, 1.54) is 18.2 Å². The van der Waals surface area contributed by atoms with Gasteiger partial charge in [-0.05, 0) is 42.8 Å². The first-order valence-electron chi connectivity index (χ1n) is 7.53. The molecular formula is C18H13F3N2O3. The first-order chi connectivity index (χ1) is 12.2. The SMILES string of the molecule is Cc1cc(NC(=O)C(F)(F)F)ccc1NC(=O)c1cc2ccccc2o1. The number of fused-ring (bicyclic) bond motifs is 1. The van der Waals surface area contributed by atoms with Crippen LogP contribution in [-0.4, -0.2) is 18.0 Å². The number of anilines is 2. The van der Waals surface area contributed by atoms with E-state index in [9.17, 15) is 22.8 Å². The predicted molar refractivity (Wildman–Crippen MR) is 90.0 cm³/mol. The van der Waals surface area contributed by atoms with Crippen LogP contribution in [0.4, 0.5) is 24.5 Å². The third-order valence-electron chi connectivity index (χ3n) is 3.64. The molecule has 0 aliphatic carbocycles. The number of hydrogen-bond acceptors (Lipinski definition) is 3. The molecule has 1 heterocycles. The van der Waals surface area contributed by atoms with Crippen molar-refractivity contribution in [3.8, 4) is 0 Å². The molecule has 0 fully saturated rings. The standard InChI is InChI=1S/C18H13F3N2O3/c1-10-8-12(22-17(25)18(19,20)21)6-7-13(10)23-16(24)15-9-11-4-2-3-5-14(11)26-15/h2-9H,1H3,(H,22,25)(H,23,24). The molecular weight excluding hydrogens is 349 g/mol. The number of furan rings is 1.